The molecular weight excluding hydrogens is 333 g/mol. The lowest BCUT2D eigenvalue weighted by Crippen LogP contribution is -3.00. The third-order valence-corrected chi connectivity index (χ3v) is 8.80. The maximum absolute atomic E-state index is 2.45. The molecule has 0 amide bonds. The maximum Gasteiger partial charge on any atom is 0.152 e. The Morgan fingerprint density at radius 3 is 1.38 bits per heavy atom. The standard InChI is InChI=1S/C21H23NP.ClH/c1-22(2)23(20-14-8-4-9-15-20,21-16-10-5-11-17-21)18-19-12-6-3-7-13-19;/h3-17H,18H2,1-2H3;1H/q+1;/p-1. The van der Waals surface area contributed by atoms with Crippen molar-refractivity contribution in [3.8, 4) is 0 Å². The molecule has 24 heavy (non-hydrogen) atoms. The highest BCUT2D eigenvalue weighted by Crippen LogP contribution is 2.60. The Morgan fingerprint density at radius 1 is 0.625 bits per heavy atom. The second-order valence-corrected chi connectivity index (χ2v) is 9.62. The smallest absolute Gasteiger partial charge is 0.152 e. The SMILES string of the molecule is CN(C)[P+](Cc1ccccc1)(c1ccccc1)c1ccccc1.[Cl-]. The van der Waals surface area contributed by atoms with E-state index >= 15 is 0 Å². The third-order valence-electron chi connectivity index (χ3n) is 4.30. The predicted molar refractivity (Wildman–Crippen MR) is 103 cm³/mol. The van der Waals surface area contributed by atoms with Crippen LogP contribution in [-0.4, -0.2) is 18.8 Å². The second kappa shape index (κ2) is 8.44. The predicted octanol–water partition coefficient (Wildman–Crippen LogP) is 1.34. The molecule has 0 N–H and O–H groups in total. The first kappa shape index (κ1) is 18.7. The van der Waals surface area contributed by atoms with Gasteiger partial charge in [-0.1, -0.05) is 66.7 Å². The van der Waals surface area contributed by atoms with Crippen LogP contribution >= 0.6 is 7.41 Å². The fourth-order valence-corrected chi connectivity index (χ4v) is 7.07. The summed E-state index contributed by atoms with van der Waals surface area (Å²) in [6, 6.07) is 32.8. The lowest BCUT2D eigenvalue weighted by Gasteiger charge is -2.32. The Balaban J connectivity index is 0.00000208. The van der Waals surface area contributed by atoms with E-state index < -0.39 is 7.41 Å². The molecular formula is C21H23ClNP. The minimum atomic E-state index is -1.66. The van der Waals surface area contributed by atoms with Crippen molar-refractivity contribution in [3.05, 3.63) is 96.6 Å². The monoisotopic (exact) mass is 355 g/mol. The summed E-state index contributed by atoms with van der Waals surface area (Å²) in [5, 5.41) is 2.86. The highest BCUT2D eigenvalue weighted by atomic mass is 35.5. The Hall–Kier alpha value is -1.66. The molecule has 0 radical (unpaired) electrons. The van der Waals surface area contributed by atoms with Gasteiger partial charge >= 0.3 is 0 Å². The van der Waals surface area contributed by atoms with Gasteiger partial charge in [0.2, 0.25) is 0 Å². The molecule has 3 aromatic rings. The van der Waals surface area contributed by atoms with Crippen LogP contribution in [-0.2, 0) is 6.16 Å². The fraction of sp³-hybridized carbons (Fsp3) is 0.143. The van der Waals surface area contributed by atoms with E-state index in [1.807, 2.05) is 0 Å². The summed E-state index contributed by atoms with van der Waals surface area (Å²) >= 11 is 0. The molecule has 0 saturated heterocycles. The molecule has 0 unspecified atom stereocenters. The van der Waals surface area contributed by atoms with Crippen LogP contribution < -0.4 is 23.0 Å². The topological polar surface area (TPSA) is 3.24 Å². The molecule has 3 heteroatoms. The number of halogens is 1. The molecule has 0 fully saturated rings. The number of nitrogens with zero attached hydrogens (tertiary/aromatic N) is 1. The van der Waals surface area contributed by atoms with Crippen molar-refractivity contribution in [2.45, 2.75) is 6.16 Å². The first-order valence-electron chi connectivity index (χ1n) is 7.94. The molecule has 0 atom stereocenters. The summed E-state index contributed by atoms with van der Waals surface area (Å²) in [7, 11) is 2.78. The Labute approximate surface area is 152 Å². The molecule has 0 aromatic heterocycles. The Morgan fingerprint density at radius 2 is 1.00 bits per heavy atom. The summed E-state index contributed by atoms with van der Waals surface area (Å²) in [6.07, 6.45) is 1.05. The Kier molecular flexibility index (Phi) is 6.57. The van der Waals surface area contributed by atoms with Gasteiger partial charge in [-0.2, -0.15) is 4.67 Å². The van der Waals surface area contributed by atoms with Crippen LogP contribution in [0.4, 0.5) is 0 Å². The van der Waals surface area contributed by atoms with E-state index in [9.17, 15) is 0 Å². The summed E-state index contributed by atoms with van der Waals surface area (Å²) in [5.74, 6) is 0. The zero-order valence-electron chi connectivity index (χ0n) is 14.1. The van der Waals surface area contributed by atoms with Crippen molar-refractivity contribution in [1.29, 1.82) is 0 Å². The summed E-state index contributed by atoms with van der Waals surface area (Å²) < 4.78 is 2.45. The van der Waals surface area contributed by atoms with Gasteiger partial charge in [0.15, 0.2) is 7.41 Å². The molecule has 0 aliphatic rings. The van der Waals surface area contributed by atoms with Crippen LogP contribution in [0.2, 0.25) is 0 Å². The number of hydrogen-bond donors (Lipinski definition) is 0. The highest BCUT2D eigenvalue weighted by Gasteiger charge is 2.45. The van der Waals surface area contributed by atoms with Crippen LogP contribution in [0.1, 0.15) is 5.56 Å². The molecule has 0 aliphatic heterocycles. The molecule has 0 bridgehead atoms. The van der Waals surface area contributed by atoms with Crippen molar-refractivity contribution in [2.24, 2.45) is 0 Å². The summed E-state index contributed by atoms with van der Waals surface area (Å²) in [4.78, 5) is 0. The third kappa shape index (κ3) is 3.70. The summed E-state index contributed by atoms with van der Waals surface area (Å²) in [6.45, 7) is 0. The first-order chi connectivity index (χ1) is 11.2. The molecule has 0 spiro atoms. The zero-order valence-corrected chi connectivity index (χ0v) is 15.8. The lowest BCUT2D eigenvalue weighted by molar-refractivity contribution is -0.00000464. The van der Waals surface area contributed by atoms with Gasteiger partial charge in [-0.15, -0.1) is 0 Å². The van der Waals surface area contributed by atoms with Crippen molar-refractivity contribution >= 4 is 18.0 Å². The lowest BCUT2D eigenvalue weighted by atomic mass is 10.2. The molecule has 3 aromatic carbocycles. The largest absolute Gasteiger partial charge is 1.00 e. The van der Waals surface area contributed by atoms with E-state index in [0.29, 0.717) is 0 Å². The minimum absolute atomic E-state index is 0. The van der Waals surface area contributed by atoms with Gasteiger partial charge in [-0.3, -0.25) is 0 Å². The maximum atomic E-state index is 2.45. The van der Waals surface area contributed by atoms with Crippen molar-refractivity contribution in [1.82, 2.24) is 4.67 Å². The zero-order chi connectivity index (χ0) is 16.1. The van der Waals surface area contributed by atoms with Crippen molar-refractivity contribution < 1.29 is 12.4 Å². The van der Waals surface area contributed by atoms with Crippen LogP contribution in [0.3, 0.4) is 0 Å². The van der Waals surface area contributed by atoms with E-state index in [1.54, 1.807) is 0 Å². The fourth-order valence-electron chi connectivity index (χ4n) is 3.13. The Bertz CT molecular complexity index is 690. The van der Waals surface area contributed by atoms with E-state index in [2.05, 4.69) is 110 Å². The van der Waals surface area contributed by atoms with Crippen LogP contribution in [0, 0.1) is 0 Å². The van der Waals surface area contributed by atoms with Gasteiger partial charge in [0.25, 0.3) is 0 Å². The average molecular weight is 356 g/mol. The van der Waals surface area contributed by atoms with Gasteiger partial charge in [0.05, 0.1) is 0 Å². The molecule has 0 saturated carbocycles. The van der Waals surface area contributed by atoms with Crippen molar-refractivity contribution in [2.75, 3.05) is 14.1 Å². The first-order valence-corrected chi connectivity index (χ1v) is 9.87. The van der Waals surface area contributed by atoms with Gasteiger partial charge in [0.1, 0.15) is 16.8 Å². The van der Waals surface area contributed by atoms with Gasteiger partial charge in [0, 0.05) is 14.1 Å². The molecule has 0 heterocycles. The van der Waals surface area contributed by atoms with Gasteiger partial charge < -0.3 is 12.4 Å². The molecule has 1 nitrogen and oxygen atoms in total. The highest BCUT2D eigenvalue weighted by molar-refractivity contribution is 7.86. The van der Waals surface area contributed by atoms with E-state index in [1.165, 1.54) is 16.2 Å². The normalized spacial score (nSPS) is 11.1. The van der Waals surface area contributed by atoms with Crippen LogP contribution in [0.15, 0.2) is 91.0 Å². The number of rotatable bonds is 5. The second-order valence-electron chi connectivity index (χ2n) is 5.93. The molecule has 124 valence electrons. The van der Waals surface area contributed by atoms with E-state index in [4.69, 9.17) is 0 Å². The van der Waals surface area contributed by atoms with E-state index in [-0.39, 0.29) is 12.4 Å². The number of hydrogen-bond acceptors (Lipinski definition) is 1. The summed E-state index contributed by atoms with van der Waals surface area (Å²) in [5.41, 5.74) is 1.39. The van der Waals surface area contributed by atoms with Gasteiger partial charge in [-0.05, 0) is 29.8 Å². The average Bonchev–Trinajstić information content (AvgIpc) is 2.62. The van der Waals surface area contributed by atoms with Crippen LogP contribution in [0.5, 0.6) is 0 Å². The van der Waals surface area contributed by atoms with E-state index in [0.717, 1.165) is 6.16 Å². The molecule has 0 aliphatic carbocycles. The molecule has 3 rings (SSSR count). The minimum Gasteiger partial charge on any atom is -1.00 e. The quantitative estimate of drug-likeness (QED) is 0.624. The van der Waals surface area contributed by atoms with Crippen LogP contribution in [0.25, 0.3) is 0 Å². The van der Waals surface area contributed by atoms with Gasteiger partial charge in [-0.25, -0.2) is 0 Å². The van der Waals surface area contributed by atoms with Crippen molar-refractivity contribution in [3.63, 3.8) is 0 Å². The number of benzene rings is 3.